The van der Waals surface area contributed by atoms with Gasteiger partial charge in [-0.15, -0.1) is 0 Å². The Morgan fingerprint density at radius 3 is 2.69 bits per heavy atom. The van der Waals surface area contributed by atoms with E-state index >= 15 is 0 Å². The van der Waals surface area contributed by atoms with Gasteiger partial charge in [-0.05, 0) is 31.5 Å². The molecule has 0 unspecified atom stereocenters. The Labute approximate surface area is 96.1 Å². The fourth-order valence-electron chi connectivity index (χ4n) is 1.36. The van der Waals surface area contributed by atoms with Gasteiger partial charge >= 0.3 is 0 Å². The second-order valence-corrected chi connectivity index (χ2v) is 3.79. The van der Waals surface area contributed by atoms with Crippen LogP contribution in [0.25, 0.3) is 6.08 Å². The molecule has 0 aromatic heterocycles. The summed E-state index contributed by atoms with van der Waals surface area (Å²) in [6.07, 6.45) is 1.71. The van der Waals surface area contributed by atoms with Crippen LogP contribution < -0.4 is 10.1 Å². The number of amides is 1. The molecule has 1 N–H and O–H groups in total. The van der Waals surface area contributed by atoms with Crippen molar-refractivity contribution in [2.45, 2.75) is 19.9 Å². The fourth-order valence-corrected chi connectivity index (χ4v) is 1.36. The van der Waals surface area contributed by atoms with Crippen molar-refractivity contribution in [3.8, 4) is 5.75 Å². The molecule has 0 saturated heterocycles. The predicted octanol–water partition coefficient (Wildman–Crippen LogP) is 2.48. The van der Waals surface area contributed by atoms with Gasteiger partial charge in [-0.25, -0.2) is 0 Å². The SMILES string of the molecule is C=Cc1ccc(C(=O)NC(C)C)c(OC)c1. The Morgan fingerprint density at radius 2 is 2.19 bits per heavy atom. The van der Waals surface area contributed by atoms with E-state index in [1.54, 1.807) is 25.3 Å². The van der Waals surface area contributed by atoms with E-state index in [2.05, 4.69) is 11.9 Å². The van der Waals surface area contributed by atoms with Crippen molar-refractivity contribution in [2.75, 3.05) is 7.11 Å². The molecule has 0 atom stereocenters. The van der Waals surface area contributed by atoms with E-state index in [1.165, 1.54) is 0 Å². The summed E-state index contributed by atoms with van der Waals surface area (Å²) in [6, 6.07) is 5.48. The summed E-state index contributed by atoms with van der Waals surface area (Å²) in [7, 11) is 1.55. The van der Waals surface area contributed by atoms with Crippen molar-refractivity contribution >= 4 is 12.0 Å². The quantitative estimate of drug-likeness (QED) is 0.844. The summed E-state index contributed by atoms with van der Waals surface area (Å²) in [5.41, 5.74) is 1.47. The van der Waals surface area contributed by atoms with Gasteiger partial charge in [0.15, 0.2) is 0 Å². The molecule has 0 saturated carbocycles. The topological polar surface area (TPSA) is 38.3 Å². The molecular weight excluding hydrogens is 202 g/mol. The zero-order valence-electron chi connectivity index (χ0n) is 9.91. The monoisotopic (exact) mass is 219 g/mol. The Morgan fingerprint density at radius 1 is 1.50 bits per heavy atom. The first kappa shape index (κ1) is 12.3. The third-order valence-corrected chi connectivity index (χ3v) is 2.13. The number of rotatable bonds is 4. The molecule has 0 radical (unpaired) electrons. The summed E-state index contributed by atoms with van der Waals surface area (Å²) >= 11 is 0. The lowest BCUT2D eigenvalue weighted by Gasteiger charge is -2.12. The van der Waals surface area contributed by atoms with E-state index in [-0.39, 0.29) is 11.9 Å². The maximum Gasteiger partial charge on any atom is 0.255 e. The van der Waals surface area contributed by atoms with E-state index in [1.807, 2.05) is 19.9 Å². The smallest absolute Gasteiger partial charge is 0.255 e. The Hall–Kier alpha value is -1.77. The number of ether oxygens (including phenoxy) is 1. The standard InChI is InChI=1S/C13H17NO2/c1-5-10-6-7-11(12(8-10)16-4)13(15)14-9(2)3/h5-9H,1H2,2-4H3,(H,14,15). The highest BCUT2D eigenvalue weighted by Crippen LogP contribution is 2.20. The van der Waals surface area contributed by atoms with Crippen LogP contribution >= 0.6 is 0 Å². The fraction of sp³-hybridized carbons (Fsp3) is 0.308. The van der Waals surface area contributed by atoms with Gasteiger partial charge in [0.25, 0.3) is 5.91 Å². The molecule has 0 fully saturated rings. The minimum Gasteiger partial charge on any atom is -0.496 e. The molecule has 16 heavy (non-hydrogen) atoms. The van der Waals surface area contributed by atoms with E-state index in [9.17, 15) is 4.79 Å². The summed E-state index contributed by atoms with van der Waals surface area (Å²) < 4.78 is 5.18. The van der Waals surface area contributed by atoms with Gasteiger partial charge < -0.3 is 10.1 Å². The number of carbonyl (C=O) groups excluding carboxylic acids is 1. The lowest BCUT2D eigenvalue weighted by Crippen LogP contribution is -2.30. The lowest BCUT2D eigenvalue weighted by atomic mass is 10.1. The van der Waals surface area contributed by atoms with Gasteiger partial charge in [-0.3, -0.25) is 4.79 Å². The first-order chi connectivity index (χ1) is 7.58. The second-order valence-electron chi connectivity index (χ2n) is 3.79. The van der Waals surface area contributed by atoms with E-state index in [0.29, 0.717) is 11.3 Å². The summed E-state index contributed by atoms with van der Waals surface area (Å²) in [5, 5.41) is 2.83. The van der Waals surface area contributed by atoms with Gasteiger partial charge in [0, 0.05) is 6.04 Å². The number of methoxy groups -OCH3 is 1. The van der Waals surface area contributed by atoms with Crippen LogP contribution in [0.2, 0.25) is 0 Å². The predicted molar refractivity (Wildman–Crippen MR) is 65.7 cm³/mol. The molecular formula is C13H17NO2. The third-order valence-electron chi connectivity index (χ3n) is 2.13. The highest BCUT2D eigenvalue weighted by molar-refractivity contribution is 5.97. The molecule has 0 heterocycles. The molecule has 86 valence electrons. The molecule has 0 aliphatic carbocycles. The number of hydrogen-bond acceptors (Lipinski definition) is 2. The Balaban J connectivity index is 3.03. The minimum atomic E-state index is -0.123. The summed E-state index contributed by atoms with van der Waals surface area (Å²) in [5.74, 6) is 0.443. The maximum atomic E-state index is 11.8. The molecule has 3 nitrogen and oxygen atoms in total. The largest absolute Gasteiger partial charge is 0.496 e. The lowest BCUT2D eigenvalue weighted by molar-refractivity contribution is 0.0940. The third kappa shape index (κ3) is 2.86. The Bertz CT molecular complexity index is 397. The van der Waals surface area contributed by atoms with Crippen molar-refractivity contribution in [2.24, 2.45) is 0 Å². The van der Waals surface area contributed by atoms with Crippen molar-refractivity contribution in [3.63, 3.8) is 0 Å². The maximum absolute atomic E-state index is 11.8. The molecule has 3 heteroatoms. The van der Waals surface area contributed by atoms with E-state index in [4.69, 9.17) is 4.74 Å². The summed E-state index contributed by atoms with van der Waals surface area (Å²) in [4.78, 5) is 11.8. The van der Waals surface area contributed by atoms with Crippen LogP contribution in [0, 0.1) is 0 Å². The van der Waals surface area contributed by atoms with Gasteiger partial charge in [0.2, 0.25) is 0 Å². The van der Waals surface area contributed by atoms with Crippen LogP contribution in [-0.4, -0.2) is 19.1 Å². The van der Waals surface area contributed by atoms with Crippen molar-refractivity contribution in [3.05, 3.63) is 35.9 Å². The van der Waals surface area contributed by atoms with Crippen LogP contribution in [0.5, 0.6) is 5.75 Å². The highest BCUT2D eigenvalue weighted by Gasteiger charge is 2.12. The number of benzene rings is 1. The second kappa shape index (κ2) is 5.35. The average molecular weight is 219 g/mol. The zero-order valence-corrected chi connectivity index (χ0v) is 9.91. The van der Waals surface area contributed by atoms with Crippen molar-refractivity contribution < 1.29 is 9.53 Å². The van der Waals surface area contributed by atoms with Gasteiger partial charge in [-0.2, -0.15) is 0 Å². The molecule has 1 amide bonds. The van der Waals surface area contributed by atoms with E-state index < -0.39 is 0 Å². The van der Waals surface area contributed by atoms with Gasteiger partial charge in [0.1, 0.15) is 5.75 Å². The van der Waals surface area contributed by atoms with Crippen LogP contribution in [-0.2, 0) is 0 Å². The first-order valence-corrected chi connectivity index (χ1v) is 5.19. The molecule has 0 spiro atoms. The van der Waals surface area contributed by atoms with E-state index in [0.717, 1.165) is 5.56 Å². The number of carbonyl (C=O) groups is 1. The van der Waals surface area contributed by atoms with Crippen molar-refractivity contribution in [1.29, 1.82) is 0 Å². The van der Waals surface area contributed by atoms with Crippen LogP contribution in [0.3, 0.4) is 0 Å². The van der Waals surface area contributed by atoms with Crippen molar-refractivity contribution in [1.82, 2.24) is 5.32 Å². The minimum absolute atomic E-state index is 0.108. The molecule has 1 rings (SSSR count). The molecule has 0 bridgehead atoms. The molecule has 1 aromatic carbocycles. The Kier molecular flexibility index (Phi) is 4.11. The normalized spacial score (nSPS) is 10.0. The summed E-state index contributed by atoms with van der Waals surface area (Å²) in [6.45, 7) is 7.51. The highest BCUT2D eigenvalue weighted by atomic mass is 16.5. The number of nitrogens with one attached hydrogen (secondary N) is 1. The molecule has 0 aliphatic heterocycles. The first-order valence-electron chi connectivity index (χ1n) is 5.19. The van der Waals surface area contributed by atoms with Crippen LogP contribution in [0.4, 0.5) is 0 Å². The number of hydrogen-bond donors (Lipinski definition) is 1. The van der Waals surface area contributed by atoms with Crippen LogP contribution in [0.1, 0.15) is 29.8 Å². The van der Waals surface area contributed by atoms with Gasteiger partial charge in [0.05, 0.1) is 12.7 Å². The average Bonchev–Trinajstić information content (AvgIpc) is 2.27. The molecule has 0 aliphatic rings. The van der Waals surface area contributed by atoms with Crippen LogP contribution in [0.15, 0.2) is 24.8 Å². The molecule has 1 aromatic rings. The van der Waals surface area contributed by atoms with Gasteiger partial charge in [-0.1, -0.05) is 18.7 Å². The zero-order chi connectivity index (χ0) is 12.1.